The number of rotatable bonds is 20. The molecular weight excluding hydrogens is 618 g/mol. The molecule has 18 heteroatoms. The second-order valence-corrected chi connectivity index (χ2v) is 10.5. The van der Waals surface area contributed by atoms with E-state index in [4.69, 9.17) is 10.8 Å². The van der Waals surface area contributed by atoms with Crippen LogP contribution in [-0.2, 0) is 38.4 Å². The van der Waals surface area contributed by atoms with Gasteiger partial charge in [0.05, 0.1) is 12.1 Å². The van der Waals surface area contributed by atoms with E-state index in [2.05, 4.69) is 26.6 Å². The van der Waals surface area contributed by atoms with Crippen molar-refractivity contribution in [2.45, 2.75) is 104 Å². The van der Waals surface area contributed by atoms with E-state index in [1.165, 1.54) is 27.7 Å². The van der Waals surface area contributed by atoms with Crippen LogP contribution in [0.5, 0.6) is 0 Å². The Morgan fingerprint density at radius 3 is 1.76 bits per heavy atom. The van der Waals surface area contributed by atoms with Crippen molar-refractivity contribution < 1.29 is 48.6 Å². The molecule has 0 saturated heterocycles. The van der Waals surface area contributed by atoms with Crippen molar-refractivity contribution in [3.05, 3.63) is 0 Å². The van der Waals surface area contributed by atoms with E-state index < -0.39 is 96.0 Å². The number of unbranched alkanes of at least 4 members (excludes halogenated alkanes) is 1. The number of aliphatic hydroxyl groups excluding tert-OH is 1. The highest BCUT2D eigenvalue weighted by atomic mass is 35.5. The third-order valence-corrected chi connectivity index (χ3v) is 6.62. The monoisotopic (exact) mass is 665 g/mol. The number of amides is 6. The molecule has 0 aliphatic rings. The van der Waals surface area contributed by atoms with Gasteiger partial charge in [-0.2, -0.15) is 0 Å². The van der Waals surface area contributed by atoms with E-state index in [9.17, 15) is 43.5 Å². The van der Waals surface area contributed by atoms with Gasteiger partial charge in [-0.1, -0.05) is 20.3 Å². The number of carboxylic acids is 1. The molecule has 0 rings (SSSR count). The second-order valence-electron chi connectivity index (χ2n) is 10.5. The van der Waals surface area contributed by atoms with E-state index in [0.717, 1.165) is 0 Å². The predicted octanol–water partition coefficient (Wildman–Crippen LogP) is -2.78. The van der Waals surface area contributed by atoms with Crippen LogP contribution in [0.1, 0.15) is 67.2 Å². The molecule has 17 nitrogen and oxygen atoms in total. The van der Waals surface area contributed by atoms with Crippen molar-refractivity contribution in [1.29, 1.82) is 0 Å². The Kier molecular flexibility index (Phi) is 21.0. The van der Waals surface area contributed by atoms with Gasteiger partial charge < -0.3 is 47.8 Å². The highest BCUT2D eigenvalue weighted by Crippen LogP contribution is 2.11. The molecule has 0 spiro atoms. The summed E-state index contributed by atoms with van der Waals surface area (Å²) in [6, 6.07) is -6.29. The molecule has 0 heterocycles. The van der Waals surface area contributed by atoms with Crippen LogP contribution in [0.4, 0.5) is 0 Å². The number of halogens is 1. The number of carbonyl (C=O) groups excluding carboxylic acids is 7. The predicted molar refractivity (Wildman–Crippen MR) is 164 cm³/mol. The average molecular weight is 666 g/mol. The van der Waals surface area contributed by atoms with E-state index >= 15 is 0 Å². The first-order valence-corrected chi connectivity index (χ1v) is 14.4. The molecule has 0 aliphatic heterocycles. The van der Waals surface area contributed by atoms with Gasteiger partial charge in [0.15, 0.2) is 0 Å². The maximum atomic E-state index is 13.3. The van der Waals surface area contributed by atoms with Crippen LogP contribution < -0.4 is 37.6 Å². The van der Waals surface area contributed by atoms with Gasteiger partial charge in [0.1, 0.15) is 30.7 Å². The van der Waals surface area contributed by atoms with Gasteiger partial charge in [-0.3, -0.25) is 38.4 Å². The summed E-state index contributed by atoms with van der Waals surface area (Å²) in [6.07, 6.45) is 0.468. The van der Waals surface area contributed by atoms with Crippen molar-refractivity contribution in [2.75, 3.05) is 13.1 Å². The highest BCUT2D eigenvalue weighted by Gasteiger charge is 2.34. The van der Waals surface area contributed by atoms with Crippen molar-refractivity contribution in [1.82, 2.24) is 31.9 Å². The minimum atomic E-state index is -1.56. The molecule has 7 atom stereocenters. The molecule has 10 N–H and O–H groups in total. The molecule has 258 valence electrons. The summed E-state index contributed by atoms with van der Waals surface area (Å²) < 4.78 is 0. The van der Waals surface area contributed by atoms with E-state index in [1.807, 2.05) is 5.32 Å². The van der Waals surface area contributed by atoms with Gasteiger partial charge in [0.25, 0.3) is 5.91 Å². The lowest BCUT2D eigenvalue weighted by Gasteiger charge is -2.29. The summed E-state index contributed by atoms with van der Waals surface area (Å²) >= 11 is 0. The Bertz CT molecular complexity index is 1060. The SMILES string of the molecule is CC[C@H](C)[C@H](NC(=O)[C@H](CCCCN)NC(C)=O)C(=O)N[C@H](C(=O)N[C@@H](C)C(=O)NC(C)C(=O)C(=O)NCC(=O)O)[C@@H](C)O.Cl. The van der Waals surface area contributed by atoms with Crippen LogP contribution >= 0.6 is 12.4 Å². The molecule has 45 heavy (non-hydrogen) atoms. The summed E-state index contributed by atoms with van der Waals surface area (Å²) in [6.45, 7) is 8.01. The average Bonchev–Trinajstić information content (AvgIpc) is 2.95. The zero-order valence-electron chi connectivity index (χ0n) is 26.4. The zero-order valence-corrected chi connectivity index (χ0v) is 27.2. The fraction of sp³-hybridized carbons (Fsp3) is 0.704. The summed E-state index contributed by atoms with van der Waals surface area (Å²) in [4.78, 5) is 97.9. The van der Waals surface area contributed by atoms with Gasteiger partial charge in [-0.05, 0) is 52.5 Å². The van der Waals surface area contributed by atoms with E-state index in [-0.39, 0.29) is 18.8 Å². The van der Waals surface area contributed by atoms with Crippen molar-refractivity contribution in [3.8, 4) is 0 Å². The van der Waals surface area contributed by atoms with Gasteiger partial charge in [0.2, 0.25) is 35.3 Å². The standard InChI is InChI=1S/C27H47N7O10.ClH/c1-7-13(2)20(33-24(41)18(32-17(6)36)10-8-9-11-28)25(42)34-21(16(5)35)26(43)31-15(4)23(40)30-14(3)22(39)27(44)29-12-19(37)38;/h13-16,18,20-21,35H,7-12,28H2,1-6H3,(H,29,44)(H,30,40)(H,31,43)(H,32,36)(H,33,41)(H,34,42)(H,37,38);1H/t13-,14?,15-,16+,18-,20-,21-;/m0./s1. The lowest BCUT2D eigenvalue weighted by molar-refractivity contribution is -0.142. The van der Waals surface area contributed by atoms with Crippen LogP contribution in [0.3, 0.4) is 0 Å². The number of hydrogen-bond donors (Lipinski definition) is 9. The number of carbonyl (C=O) groups is 8. The zero-order chi connectivity index (χ0) is 34.1. The second kappa shape index (κ2) is 21.8. The fourth-order valence-electron chi connectivity index (χ4n) is 3.82. The van der Waals surface area contributed by atoms with Crippen LogP contribution in [0.2, 0.25) is 0 Å². The molecule has 0 aromatic rings. The molecule has 0 aromatic carbocycles. The van der Waals surface area contributed by atoms with E-state index in [1.54, 1.807) is 13.8 Å². The topological polar surface area (TPSA) is 275 Å². The minimum Gasteiger partial charge on any atom is -0.480 e. The Morgan fingerprint density at radius 2 is 1.27 bits per heavy atom. The lowest BCUT2D eigenvalue weighted by Crippen LogP contribution is -2.61. The largest absolute Gasteiger partial charge is 0.480 e. The first kappa shape index (κ1) is 43.3. The molecule has 1 unspecified atom stereocenters. The van der Waals surface area contributed by atoms with Crippen LogP contribution in [-0.4, -0.2) is 107 Å². The van der Waals surface area contributed by atoms with Crippen molar-refractivity contribution in [3.63, 3.8) is 0 Å². The van der Waals surface area contributed by atoms with Crippen LogP contribution in [0.15, 0.2) is 0 Å². The quantitative estimate of drug-likeness (QED) is 0.0474. The Morgan fingerprint density at radius 1 is 0.733 bits per heavy atom. The third-order valence-electron chi connectivity index (χ3n) is 6.62. The number of carboxylic acid groups (broad SMARTS) is 1. The molecular formula is C27H48ClN7O10. The van der Waals surface area contributed by atoms with Crippen molar-refractivity contribution >= 4 is 59.6 Å². The molecule has 0 saturated carbocycles. The lowest BCUT2D eigenvalue weighted by atomic mass is 9.96. The third kappa shape index (κ3) is 16.2. The van der Waals surface area contributed by atoms with Crippen molar-refractivity contribution in [2.24, 2.45) is 11.7 Å². The Labute approximate surface area is 268 Å². The first-order valence-electron chi connectivity index (χ1n) is 14.4. The Hall–Kier alpha value is -3.83. The Balaban J connectivity index is 0. The highest BCUT2D eigenvalue weighted by molar-refractivity contribution is 6.38. The van der Waals surface area contributed by atoms with Gasteiger partial charge in [0, 0.05) is 6.92 Å². The smallest absolute Gasteiger partial charge is 0.322 e. The molecule has 6 amide bonds. The van der Waals surface area contributed by atoms with E-state index in [0.29, 0.717) is 25.8 Å². The van der Waals surface area contributed by atoms with Crippen LogP contribution in [0, 0.1) is 5.92 Å². The number of ketones is 1. The number of hydrogen-bond acceptors (Lipinski definition) is 10. The van der Waals surface area contributed by atoms with Crippen LogP contribution in [0.25, 0.3) is 0 Å². The van der Waals surface area contributed by atoms with Gasteiger partial charge in [-0.15, -0.1) is 12.4 Å². The summed E-state index contributed by atoms with van der Waals surface area (Å²) in [5, 5.41) is 32.9. The number of aliphatic carboxylic acids is 1. The maximum Gasteiger partial charge on any atom is 0.322 e. The molecule has 0 aliphatic carbocycles. The normalized spacial score (nSPS) is 15.2. The number of aliphatic hydroxyl groups is 1. The number of nitrogens with two attached hydrogens (primary N) is 1. The number of nitrogens with one attached hydrogen (secondary N) is 6. The molecule has 0 fully saturated rings. The molecule has 0 bridgehead atoms. The summed E-state index contributed by atoms with van der Waals surface area (Å²) in [5.41, 5.74) is 5.51. The molecule has 0 radical (unpaired) electrons. The minimum absolute atomic E-state index is 0. The van der Waals surface area contributed by atoms with Gasteiger partial charge >= 0.3 is 5.97 Å². The molecule has 0 aromatic heterocycles. The first-order chi connectivity index (χ1) is 20.5. The maximum absolute atomic E-state index is 13.3. The summed E-state index contributed by atoms with van der Waals surface area (Å²) in [7, 11) is 0. The number of Topliss-reactive ketones (excluding diaryl/α,β-unsaturated/α-hetero) is 1. The van der Waals surface area contributed by atoms with Gasteiger partial charge in [-0.25, -0.2) is 0 Å². The fourth-order valence-corrected chi connectivity index (χ4v) is 3.82. The summed E-state index contributed by atoms with van der Waals surface area (Å²) in [5.74, 6) is -7.82.